The molecule has 1 saturated heterocycles. The Bertz CT molecular complexity index is 993. The summed E-state index contributed by atoms with van der Waals surface area (Å²) in [5, 5.41) is 0. The van der Waals surface area contributed by atoms with Crippen LogP contribution < -0.4 is 9.62 Å². The van der Waals surface area contributed by atoms with Crippen LogP contribution in [0.5, 0.6) is 0 Å². The summed E-state index contributed by atoms with van der Waals surface area (Å²) >= 11 is 6.65. The number of nitrogens with zero attached hydrogens (tertiary/aromatic N) is 1. The van der Waals surface area contributed by atoms with Crippen molar-refractivity contribution >= 4 is 47.6 Å². The van der Waals surface area contributed by atoms with Gasteiger partial charge in [-0.3, -0.25) is 0 Å². The van der Waals surface area contributed by atoms with E-state index in [9.17, 15) is 12.8 Å². The van der Waals surface area contributed by atoms with Crippen molar-refractivity contribution in [1.29, 1.82) is 0 Å². The Labute approximate surface area is 173 Å². The van der Waals surface area contributed by atoms with Crippen molar-refractivity contribution in [3.05, 3.63) is 69.4 Å². The minimum Gasteiger partial charge on any atom is -0.363 e. The maximum Gasteiger partial charge on any atom is 0.243 e. The molecule has 1 fully saturated rings. The molecule has 1 aliphatic rings. The van der Waals surface area contributed by atoms with Crippen LogP contribution in [0.25, 0.3) is 0 Å². The summed E-state index contributed by atoms with van der Waals surface area (Å²) in [6.45, 7) is 2.56. The number of hydrogen-bond donors (Lipinski definition) is 1. The lowest BCUT2D eigenvalue weighted by molar-refractivity contribution is 0.119. The van der Waals surface area contributed by atoms with E-state index in [0.29, 0.717) is 15.7 Å². The molecule has 0 unspecified atom stereocenters. The summed E-state index contributed by atoms with van der Waals surface area (Å²) in [5.41, 5.74) is -0.697. The monoisotopic (exact) mass is 520 g/mol. The van der Waals surface area contributed by atoms with Crippen molar-refractivity contribution in [2.45, 2.75) is 10.6 Å². The lowest BCUT2D eigenvalue weighted by Gasteiger charge is -2.46. The second kappa shape index (κ2) is 7.62. The third kappa shape index (κ3) is 4.42. The number of halogens is 4. The molecule has 4 nitrogen and oxygen atoms in total. The van der Waals surface area contributed by atoms with E-state index < -0.39 is 28.1 Å². The molecule has 0 aliphatic carbocycles. The highest BCUT2D eigenvalue weighted by atomic mass is 79.9. The van der Waals surface area contributed by atoms with E-state index in [1.807, 2.05) is 6.07 Å². The van der Waals surface area contributed by atoms with E-state index in [1.54, 1.807) is 35.2 Å². The van der Waals surface area contributed by atoms with E-state index in [0.717, 1.165) is 4.47 Å². The van der Waals surface area contributed by atoms with Crippen LogP contribution in [0.15, 0.2) is 68.7 Å². The number of benzene rings is 2. The maximum atomic E-state index is 15.2. The van der Waals surface area contributed by atoms with Gasteiger partial charge in [0.25, 0.3) is 0 Å². The Morgan fingerprint density at radius 3 is 2.48 bits per heavy atom. The second-order valence-corrected chi connectivity index (χ2v) is 9.85. The zero-order valence-corrected chi connectivity index (χ0v) is 18.0. The predicted octanol–water partition coefficient (Wildman–Crippen LogP) is 4.66. The molecule has 0 amide bonds. The molecule has 27 heavy (non-hydrogen) atoms. The number of rotatable bonds is 6. The van der Waals surface area contributed by atoms with Crippen LogP contribution in [0, 0.1) is 0 Å². The lowest BCUT2D eigenvalue weighted by atomic mass is 9.87. The fourth-order valence-corrected chi connectivity index (χ4v) is 4.86. The first-order valence-electron chi connectivity index (χ1n) is 7.93. The van der Waals surface area contributed by atoms with E-state index >= 15 is 4.39 Å². The molecule has 0 saturated carbocycles. The summed E-state index contributed by atoms with van der Waals surface area (Å²) < 4.78 is 56.8. The molecule has 3 rings (SSSR count). The number of sulfonamides is 1. The van der Waals surface area contributed by atoms with E-state index in [2.05, 4.69) is 43.2 Å². The third-order valence-corrected chi connectivity index (χ3v) is 6.67. The summed E-state index contributed by atoms with van der Waals surface area (Å²) in [7, 11) is -3.98. The van der Waals surface area contributed by atoms with Crippen molar-refractivity contribution < 1.29 is 17.2 Å². The molecule has 1 heterocycles. The van der Waals surface area contributed by atoms with E-state index in [-0.39, 0.29) is 18.0 Å². The largest absolute Gasteiger partial charge is 0.363 e. The highest BCUT2D eigenvalue weighted by Crippen LogP contribution is 2.42. The van der Waals surface area contributed by atoms with Crippen LogP contribution in [-0.2, 0) is 15.7 Å². The summed E-state index contributed by atoms with van der Waals surface area (Å²) in [4.78, 5) is 1.60. The Kier molecular flexibility index (Phi) is 5.77. The Hall–Kier alpha value is -1.29. The molecule has 2 aromatic rings. The van der Waals surface area contributed by atoms with E-state index in [4.69, 9.17) is 0 Å². The minimum atomic E-state index is -3.98. The Balaban J connectivity index is 1.88. The summed E-state index contributed by atoms with van der Waals surface area (Å²) in [6, 6.07) is 11.6. The van der Waals surface area contributed by atoms with Gasteiger partial charge in [-0.2, -0.15) is 0 Å². The third-order valence-electron chi connectivity index (χ3n) is 4.23. The molecule has 1 N–H and O–H groups in total. The Morgan fingerprint density at radius 1 is 1.19 bits per heavy atom. The molecule has 0 radical (unpaired) electrons. The second-order valence-electron chi connectivity index (χ2n) is 6.29. The SMILES string of the molecule is C=C(F)CNS(=O)(=O)c1ccc(Br)cc1N1CC(F)(c2cccc(Br)c2)C1. The fourth-order valence-electron chi connectivity index (χ4n) is 2.89. The molecule has 0 bridgehead atoms. The highest BCUT2D eigenvalue weighted by Gasteiger charge is 2.46. The zero-order chi connectivity index (χ0) is 19.8. The number of nitrogens with one attached hydrogen (secondary N) is 1. The molecule has 0 atom stereocenters. The average molecular weight is 522 g/mol. The van der Waals surface area contributed by atoms with Crippen molar-refractivity contribution in [3.63, 3.8) is 0 Å². The van der Waals surface area contributed by atoms with Gasteiger partial charge in [0.05, 0.1) is 25.3 Å². The predicted molar refractivity (Wildman–Crippen MR) is 109 cm³/mol. The van der Waals surface area contributed by atoms with Crippen LogP contribution in [0.2, 0.25) is 0 Å². The fraction of sp³-hybridized carbons (Fsp3) is 0.222. The summed E-state index contributed by atoms with van der Waals surface area (Å²) in [6.07, 6.45) is 0. The van der Waals surface area contributed by atoms with Crippen LogP contribution in [-0.4, -0.2) is 28.1 Å². The van der Waals surface area contributed by atoms with Crippen LogP contribution in [0.3, 0.4) is 0 Å². The topological polar surface area (TPSA) is 49.4 Å². The molecule has 0 aromatic heterocycles. The first-order chi connectivity index (χ1) is 12.6. The molecule has 9 heteroatoms. The Morgan fingerprint density at radius 2 is 1.85 bits per heavy atom. The molecule has 0 spiro atoms. The molecule has 144 valence electrons. The van der Waals surface area contributed by atoms with Gasteiger partial charge in [0.2, 0.25) is 10.0 Å². The van der Waals surface area contributed by atoms with Gasteiger partial charge < -0.3 is 4.90 Å². The zero-order valence-electron chi connectivity index (χ0n) is 14.1. The maximum absolute atomic E-state index is 15.2. The van der Waals surface area contributed by atoms with Gasteiger partial charge >= 0.3 is 0 Å². The van der Waals surface area contributed by atoms with Gasteiger partial charge in [-0.1, -0.05) is 50.6 Å². The average Bonchev–Trinajstić information content (AvgIpc) is 2.57. The van der Waals surface area contributed by atoms with Crippen LogP contribution in [0.4, 0.5) is 14.5 Å². The molecular weight excluding hydrogens is 506 g/mol. The highest BCUT2D eigenvalue weighted by molar-refractivity contribution is 9.10. The number of anilines is 1. The smallest absolute Gasteiger partial charge is 0.243 e. The van der Waals surface area contributed by atoms with Gasteiger partial charge in [0.15, 0.2) is 5.67 Å². The van der Waals surface area contributed by atoms with Gasteiger partial charge in [-0.15, -0.1) is 0 Å². The van der Waals surface area contributed by atoms with Crippen molar-refractivity contribution in [2.75, 3.05) is 24.5 Å². The molecule has 1 aliphatic heterocycles. The van der Waals surface area contributed by atoms with Gasteiger partial charge in [0.1, 0.15) is 10.7 Å². The van der Waals surface area contributed by atoms with Crippen molar-refractivity contribution in [3.8, 4) is 0 Å². The lowest BCUT2D eigenvalue weighted by Crippen LogP contribution is -2.57. The number of hydrogen-bond acceptors (Lipinski definition) is 3. The van der Waals surface area contributed by atoms with Crippen molar-refractivity contribution in [2.24, 2.45) is 0 Å². The minimum absolute atomic E-state index is 0.0121. The van der Waals surface area contributed by atoms with Gasteiger partial charge in [0, 0.05) is 8.95 Å². The molecule has 2 aromatic carbocycles. The summed E-state index contributed by atoms with van der Waals surface area (Å²) in [5.74, 6) is -0.793. The first kappa shape index (κ1) is 20.4. The first-order valence-corrected chi connectivity index (χ1v) is 11.0. The van der Waals surface area contributed by atoms with Gasteiger partial charge in [-0.05, 0) is 35.9 Å². The standard InChI is InChI=1S/C18H16Br2F2N2O2S/c1-12(21)9-23-27(25,26)17-6-5-15(20)8-16(17)24-10-18(22,11-24)13-3-2-4-14(19)7-13/h2-8,23H,1,9-11H2. The van der Waals surface area contributed by atoms with Crippen molar-refractivity contribution in [1.82, 2.24) is 4.72 Å². The quantitative estimate of drug-likeness (QED) is 0.601. The number of alkyl halides is 1. The molecular formula is C18H16Br2F2N2O2S. The van der Waals surface area contributed by atoms with Gasteiger partial charge in [-0.25, -0.2) is 21.9 Å². The van der Waals surface area contributed by atoms with Crippen LogP contribution in [0.1, 0.15) is 5.56 Å². The normalized spacial score (nSPS) is 16.1. The van der Waals surface area contributed by atoms with E-state index in [1.165, 1.54) is 6.07 Å². The van der Waals surface area contributed by atoms with Crippen LogP contribution >= 0.6 is 31.9 Å².